The minimum atomic E-state index is 0.373. The van der Waals surface area contributed by atoms with Crippen molar-refractivity contribution in [3.8, 4) is 0 Å². The summed E-state index contributed by atoms with van der Waals surface area (Å²) in [5, 5.41) is 11.4. The van der Waals surface area contributed by atoms with Gasteiger partial charge >= 0.3 is 0 Å². The van der Waals surface area contributed by atoms with Crippen LogP contribution in [-0.2, 0) is 0 Å². The Bertz CT molecular complexity index is 525. The van der Waals surface area contributed by atoms with Crippen LogP contribution in [-0.4, -0.2) is 6.54 Å². The van der Waals surface area contributed by atoms with Crippen molar-refractivity contribution in [2.45, 2.75) is 19.9 Å². The molecule has 1 aromatic heterocycles. The largest absolute Gasteiger partial charge is 0.380 e. The zero-order valence-corrected chi connectivity index (χ0v) is 10.9. The SMILES string of the molecule is Cc1cccc(C)c1C1CNc2cscc2N1. The molecule has 0 radical (unpaired) electrons. The third-order valence-electron chi connectivity index (χ3n) is 3.38. The summed E-state index contributed by atoms with van der Waals surface area (Å²) in [6.07, 6.45) is 0. The van der Waals surface area contributed by atoms with Crippen molar-refractivity contribution in [2.24, 2.45) is 0 Å². The fraction of sp³-hybridized carbons (Fsp3) is 0.286. The monoisotopic (exact) mass is 244 g/mol. The minimum absolute atomic E-state index is 0.373. The highest BCUT2D eigenvalue weighted by Crippen LogP contribution is 2.35. The lowest BCUT2D eigenvalue weighted by atomic mass is 9.95. The van der Waals surface area contributed by atoms with E-state index in [1.165, 1.54) is 28.1 Å². The average Bonchev–Trinajstić information content (AvgIpc) is 2.76. The van der Waals surface area contributed by atoms with E-state index in [9.17, 15) is 0 Å². The van der Waals surface area contributed by atoms with Crippen LogP contribution in [0, 0.1) is 13.8 Å². The lowest BCUT2D eigenvalue weighted by Crippen LogP contribution is -2.26. The molecule has 0 aliphatic carbocycles. The Morgan fingerprint density at radius 3 is 2.59 bits per heavy atom. The maximum Gasteiger partial charge on any atom is 0.0692 e. The maximum atomic E-state index is 3.62. The van der Waals surface area contributed by atoms with Crippen LogP contribution in [0.25, 0.3) is 0 Å². The molecule has 0 saturated carbocycles. The van der Waals surface area contributed by atoms with E-state index in [4.69, 9.17) is 0 Å². The second-order valence-electron chi connectivity index (χ2n) is 4.58. The quantitative estimate of drug-likeness (QED) is 0.794. The molecule has 0 spiro atoms. The molecule has 3 heteroatoms. The summed E-state index contributed by atoms with van der Waals surface area (Å²) in [5.41, 5.74) is 6.62. The Hall–Kier alpha value is -1.48. The maximum absolute atomic E-state index is 3.62. The number of hydrogen-bond acceptors (Lipinski definition) is 3. The number of anilines is 2. The highest BCUT2D eigenvalue weighted by Gasteiger charge is 2.21. The van der Waals surface area contributed by atoms with E-state index >= 15 is 0 Å². The highest BCUT2D eigenvalue weighted by atomic mass is 32.1. The number of hydrogen-bond donors (Lipinski definition) is 2. The normalized spacial score (nSPS) is 18.1. The van der Waals surface area contributed by atoms with Gasteiger partial charge in [-0.3, -0.25) is 0 Å². The highest BCUT2D eigenvalue weighted by molar-refractivity contribution is 7.09. The third-order valence-corrected chi connectivity index (χ3v) is 4.12. The van der Waals surface area contributed by atoms with Gasteiger partial charge in [-0.05, 0) is 30.5 Å². The molecule has 17 heavy (non-hydrogen) atoms. The lowest BCUT2D eigenvalue weighted by Gasteiger charge is -2.29. The van der Waals surface area contributed by atoms with Crippen LogP contribution in [0.1, 0.15) is 22.7 Å². The van der Waals surface area contributed by atoms with Gasteiger partial charge in [-0.25, -0.2) is 0 Å². The fourth-order valence-corrected chi connectivity index (χ4v) is 3.29. The van der Waals surface area contributed by atoms with Gasteiger partial charge in [0.25, 0.3) is 0 Å². The number of benzene rings is 1. The Balaban J connectivity index is 1.97. The van der Waals surface area contributed by atoms with Gasteiger partial charge in [0.2, 0.25) is 0 Å². The van der Waals surface area contributed by atoms with E-state index in [1.807, 2.05) is 0 Å². The molecule has 0 amide bonds. The van der Waals surface area contributed by atoms with Crippen LogP contribution in [0.15, 0.2) is 29.0 Å². The molecular formula is C14H16N2S. The number of fused-ring (bicyclic) bond motifs is 1. The van der Waals surface area contributed by atoms with Gasteiger partial charge in [0, 0.05) is 17.3 Å². The predicted octanol–water partition coefficient (Wildman–Crippen LogP) is 3.94. The summed E-state index contributed by atoms with van der Waals surface area (Å²) in [4.78, 5) is 0. The van der Waals surface area contributed by atoms with Crippen molar-refractivity contribution in [1.29, 1.82) is 0 Å². The predicted molar refractivity (Wildman–Crippen MR) is 75.1 cm³/mol. The molecular weight excluding hydrogens is 228 g/mol. The Kier molecular flexibility index (Phi) is 2.56. The number of thiophene rings is 1. The van der Waals surface area contributed by atoms with Crippen molar-refractivity contribution < 1.29 is 0 Å². The van der Waals surface area contributed by atoms with Gasteiger partial charge in [-0.15, -0.1) is 11.3 Å². The topological polar surface area (TPSA) is 24.1 Å². The second kappa shape index (κ2) is 4.08. The van der Waals surface area contributed by atoms with Crippen molar-refractivity contribution in [3.63, 3.8) is 0 Å². The van der Waals surface area contributed by atoms with E-state index in [0.29, 0.717) is 6.04 Å². The number of nitrogens with one attached hydrogen (secondary N) is 2. The summed E-state index contributed by atoms with van der Waals surface area (Å²) < 4.78 is 0. The molecule has 1 atom stereocenters. The van der Waals surface area contributed by atoms with Crippen molar-refractivity contribution in [2.75, 3.05) is 17.2 Å². The van der Waals surface area contributed by atoms with Gasteiger partial charge in [0.1, 0.15) is 0 Å². The van der Waals surface area contributed by atoms with Gasteiger partial charge in [0.05, 0.1) is 17.4 Å². The first-order valence-corrected chi connectivity index (χ1v) is 6.82. The smallest absolute Gasteiger partial charge is 0.0692 e. The summed E-state index contributed by atoms with van der Waals surface area (Å²) in [7, 11) is 0. The zero-order chi connectivity index (χ0) is 11.8. The Morgan fingerprint density at radius 2 is 1.82 bits per heavy atom. The van der Waals surface area contributed by atoms with Crippen LogP contribution < -0.4 is 10.6 Å². The molecule has 1 aromatic carbocycles. The molecule has 2 nitrogen and oxygen atoms in total. The van der Waals surface area contributed by atoms with Crippen LogP contribution in [0.4, 0.5) is 11.4 Å². The molecule has 1 aliphatic rings. The van der Waals surface area contributed by atoms with E-state index in [0.717, 1.165) is 6.54 Å². The first-order chi connectivity index (χ1) is 8.25. The lowest BCUT2D eigenvalue weighted by molar-refractivity contribution is 0.792. The second-order valence-corrected chi connectivity index (χ2v) is 5.33. The summed E-state index contributed by atoms with van der Waals surface area (Å²) in [6.45, 7) is 5.33. The van der Waals surface area contributed by atoms with Crippen LogP contribution in [0.2, 0.25) is 0 Å². The first kappa shape index (κ1) is 10.7. The summed E-state index contributed by atoms with van der Waals surface area (Å²) in [6, 6.07) is 6.87. The third kappa shape index (κ3) is 1.80. The summed E-state index contributed by atoms with van der Waals surface area (Å²) in [5.74, 6) is 0. The molecule has 1 aliphatic heterocycles. The fourth-order valence-electron chi connectivity index (χ4n) is 2.55. The van der Waals surface area contributed by atoms with Gasteiger partial charge in [0.15, 0.2) is 0 Å². The van der Waals surface area contributed by atoms with E-state index < -0.39 is 0 Å². The van der Waals surface area contributed by atoms with Crippen molar-refractivity contribution in [1.82, 2.24) is 0 Å². The molecule has 88 valence electrons. The first-order valence-electron chi connectivity index (χ1n) is 5.88. The number of aryl methyl sites for hydroxylation is 2. The molecule has 0 fully saturated rings. The van der Waals surface area contributed by atoms with Crippen LogP contribution >= 0.6 is 11.3 Å². The Labute approximate surface area is 106 Å². The molecule has 1 unspecified atom stereocenters. The van der Waals surface area contributed by atoms with Crippen LogP contribution in [0.3, 0.4) is 0 Å². The van der Waals surface area contributed by atoms with E-state index in [2.05, 4.69) is 53.4 Å². The average molecular weight is 244 g/mol. The summed E-state index contributed by atoms with van der Waals surface area (Å²) >= 11 is 1.74. The molecule has 0 saturated heterocycles. The van der Waals surface area contributed by atoms with Gasteiger partial charge < -0.3 is 10.6 Å². The van der Waals surface area contributed by atoms with Gasteiger partial charge in [-0.2, -0.15) is 0 Å². The molecule has 3 rings (SSSR count). The number of rotatable bonds is 1. The standard InChI is InChI=1S/C14H16N2S/c1-9-4-3-5-10(2)14(9)11-6-15-12-7-17-8-13(12)16-11/h3-5,7-8,11,15-16H,6H2,1-2H3. The van der Waals surface area contributed by atoms with Gasteiger partial charge in [-0.1, -0.05) is 18.2 Å². The van der Waals surface area contributed by atoms with Crippen LogP contribution in [0.5, 0.6) is 0 Å². The molecule has 2 N–H and O–H groups in total. The minimum Gasteiger partial charge on any atom is -0.380 e. The molecule has 2 heterocycles. The van der Waals surface area contributed by atoms with Crippen molar-refractivity contribution >= 4 is 22.7 Å². The molecule has 2 aromatic rings. The van der Waals surface area contributed by atoms with E-state index in [1.54, 1.807) is 11.3 Å². The Morgan fingerprint density at radius 1 is 1.12 bits per heavy atom. The zero-order valence-electron chi connectivity index (χ0n) is 10.1. The van der Waals surface area contributed by atoms with E-state index in [-0.39, 0.29) is 0 Å². The van der Waals surface area contributed by atoms with Crippen molar-refractivity contribution in [3.05, 3.63) is 45.6 Å². The molecule has 0 bridgehead atoms.